The number of halogens is 1. The number of benzene rings is 3. The molecule has 0 saturated heterocycles. The molecule has 2 amide bonds. The van der Waals surface area contributed by atoms with Crippen molar-refractivity contribution in [1.82, 2.24) is 10.2 Å². The molecule has 0 bridgehead atoms. The second kappa shape index (κ2) is 14.4. The summed E-state index contributed by atoms with van der Waals surface area (Å²) in [6.45, 7) is 7.28. The van der Waals surface area contributed by atoms with Crippen LogP contribution in [0.1, 0.15) is 44.7 Å². The molecule has 0 spiro atoms. The number of nitrogens with zero attached hydrogens (tertiary/aromatic N) is 2. The van der Waals surface area contributed by atoms with Gasteiger partial charge in [0, 0.05) is 17.6 Å². The minimum atomic E-state index is -4.19. The fourth-order valence-electron chi connectivity index (χ4n) is 4.34. The van der Waals surface area contributed by atoms with Crippen molar-refractivity contribution in [1.29, 1.82) is 0 Å². The molecule has 3 aromatic carbocycles. The first-order valence-corrected chi connectivity index (χ1v) is 15.4. The number of carbonyl (C=O) groups excluding carboxylic acids is 2. The maximum Gasteiger partial charge on any atom is 0.264 e. The maximum atomic E-state index is 14.1. The van der Waals surface area contributed by atoms with Gasteiger partial charge in [0.05, 0.1) is 17.7 Å². The number of aryl methyl sites for hydroxylation is 1. The Bertz CT molecular complexity index is 1430. The Labute approximate surface area is 248 Å². The average Bonchev–Trinajstić information content (AvgIpc) is 2.97. The number of hydrogen-bond acceptors (Lipinski definition) is 5. The zero-order valence-corrected chi connectivity index (χ0v) is 25.7. The largest absolute Gasteiger partial charge is 0.497 e. The molecule has 0 radical (unpaired) electrons. The van der Waals surface area contributed by atoms with Crippen LogP contribution in [0.15, 0.2) is 77.7 Å². The van der Waals surface area contributed by atoms with Crippen LogP contribution in [0.2, 0.25) is 5.02 Å². The summed E-state index contributed by atoms with van der Waals surface area (Å²) in [6.07, 6.45) is 1.09. The molecule has 0 saturated carbocycles. The van der Waals surface area contributed by atoms with Crippen molar-refractivity contribution >= 4 is 39.1 Å². The highest BCUT2D eigenvalue weighted by molar-refractivity contribution is 7.92. The number of nitrogens with one attached hydrogen (secondary N) is 1. The maximum absolute atomic E-state index is 14.1. The summed E-state index contributed by atoms with van der Waals surface area (Å²) in [5, 5.41) is 3.41. The standard InChI is InChI=1S/C31H38ClN3O5S/c1-6-23(4)33-31(37)29(7-2)34(20-24-11-9-8-10-22(24)3)30(36)21-35(26-14-12-25(32)13-15-26)41(38,39)28-18-16-27(40-5)17-19-28/h8-19,23,29H,6-7,20-21H2,1-5H3,(H,33,37)/t23-,29+/m1/s1. The number of carbonyl (C=O) groups is 2. The number of amides is 2. The first-order chi connectivity index (χ1) is 19.5. The van der Waals surface area contributed by atoms with Crippen molar-refractivity contribution in [2.45, 2.75) is 64.1 Å². The summed E-state index contributed by atoms with van der Waals surface area (Å²) in [7, 11) is -2.70. The molecule has 0 aliphatic rings. The lowest BCUT2D eigenvalue weighted by atomic mass is 10.1. The van der Waals surface area contributed by atoms with Gasteiger partial charge in [-0.1, -0.05) is 49.7 Å². The van der Waals surface area contributed by atoms with E-state index in [2.05, 4.69) is 5.32 Å². The van der Waals surface area contributed by atoms with Gasteiger partial charge in [0.25, 0.3) is 10.0 Å². The van der Waals surface area contributed by atoms with Crippen LogP contribution in [0, 0.1) is 6.92 Å². The smallest absolute Gasteiger partial charge is 0.264 e. The van der Waals surface area contributed by atoms with E-state index < -0.39 is 28.5 Å². The van der Waals surface area contributed by atoms with Crippen LogP contribution in [0.3, 0.4) is 0 Å². The number of methoxy groups -OCH3 is 1. The molecule has 0 aromatic heterocycles. The molecule has 1 N–H and O–H groups in total. The molecule has 2 atom stereocenters. The zero-order valence-electron chi connectivity index (χ0n) is 24.1. The Kier molecular flexibility index (Phi) is 11.2. The molecule has 0 aliphatic heterocycles. The average molecular weight is 600 g/mol. The summed E-state index contributed by atoms with van der Waals surface area (Å²) in [6, 6.07) is 18.9. The Morgan fingerprint density at radius 3 is 2.15 bits per heavy atom. The number of anilines is 1. The van der Waals surface area contributed by atoms with Gasteiger partial charge in [0.2, 0.25) is 11.8 Å². The van der Waals surface area contributed by atoms with Crippen LogP contribution >= 0.6 is 11.6 Å². The number of rotatable bonds is 13. The fourth-order valence-corrected chi connectivity index (χ4v) is 5.88. The van der Waals surface area contributed by atoms with E-state index in [0.717, 1.165) is 21.9 Å². The third kappa shape index (κ3) is 8.01. The molecular formula is C31H38ClN3O5S. The topological polar surface area (TPSA) is 96.0 Å². The Hall–Kier alpha value is -3.56. The van der Waals surface area contributed by atoms with Gasteiger partial charge in [-0.05, 0) is 86.3 Å². The number of ether oxygens (including phenoxy) is 1. The first kappa shape index (κ1) is 32.0. The highest BCUT2D eigenvalue weighted by Crippen LogP contribution is 2.27. The molecule has 0 fully saturated rings. The van der Waals surface area contributed by atoms with E-state index in [9.17, 15) is 18.0 Å². The Morgan fingerprint density at radius 1 is 0.951 bits per heavy atom. The fraction of sp³-hybridized carbons (Fsp3) is 0.355. The van der Waals surface area contributed by atoms with Crippen LogP contribution in [0.5, 0.6) is 5.75 Å². The van der Waals surface area contributed by atoms with Gasteiger partial charge in [-0.25, -0.2) is 8.42 Å². The van der Waals surface area contributed by atoms with E-state index >= 15 is 0 Å². The molecule has 220 valence electrons. The zero-order chi connectivity index (χ0) is 30.2. The van der Waals surface area contributed by atoms with Crippen molar-refractivity contribution in [2.24, 2.45) is 0 Å². The van der Waals surface area contributed by atoms with Crippen molar-refractivity contribution in [3.05, 3.63) is 88.9 Å². The van der Waals surface area contributed by atoms with E-state index in [-0.39, 0.29) is 29.1 Å². The molecule has 3 rings (SSSR count). The normalized spacial score (nSPS) is 12.7. The van der Waals surface area contributed by atoms with Crippen LogP contribution < -0.4 is 14.4 Å². The summed E-state index contributed by atoms with van der Waals surface area (Å²) in [4.78, 5) is 29.0. The van der Waals surface area contributed by atoms with Crippen LogP contribution in [-0.2, 0) is 26.2 Å². The molecule has 41 heavy (non-hydrogen) atoms. The third-order valence-corrected chi connectivity index (χ3v) is 9.07. The number of hydrogen-bond donors (Lipinski definition) is 1. The quantitative estimate of drug-likeness (QED) is 0.277. The van der Waals surface area contributed by atoms with Gasteiger partial charge >= 0.3 is 0 Å². The van der Waals surface area contributed by atoms with Crippen molar-refractivity contribution in [2.75, 3.05) is 18.0 Å². The lowest BCUT2D eigenvalue weighted by Gasteiger charge is -2.34. The van der Waals surface area contributed by atoms with E-state index in [1.54, 1.807) is 36.4 Å². The van der Waals surface area contributed by atoms with E-state index in [4.69, 9.17) is 16.3 Å². The van der Waals surface area contributed by atoms with E-state index in [1.165, 1.54) is 24.1 Å². The second-order valence-corrected chi connectivity index (χ2v) is 12.2. The van der Waals surface area contributed by atoms with Gasteiger partial charge in [-0.3, -0.25) is 13.9 Å². The molecule has 3 aromatic rings. The van der Waals surface area contributed by atoms with Crippen LogP contribution in [-0.4, -0.2) is 50.9 Å². The van der Waals surface area contributed by atoms with E-state index in [0.29, 0.717) is 17.2 Å². The summed E-state index contributed by atoms with van der Waals surface area (Å²) < 4.78 is 34.1. The van der Waals surface area contributed by atoms with Gasteiger partial charge in [0.1, 0.15) is 18.3 Å². The highest BCUT2D eigenvalue weighted by Gasteiger charge is 2.34. The molecule has 0 unspecified atom stereocenters. The SMILES string of the molecule is CC[C@@H](C)NC(=O)[C@H](CC)N(Cc1ccccc1C)C(=O)CN(c1ccc(Cl)cc1)S(=O)(=O)c1ccc(OC)cc1. The minimum Gasteiger partial charge on any atom is -0.497 e. The predicted molar refractivity (Wildman–Crippen MR) is 163 cm³/mol. The van der Waals surface area contributed by atoms with Crippen LogP contribution in [0.25, 0.3) is 0 Å². The monoisotopic (exact) mass is 599 g/mol. The summed E-state index contributed by atoms with van der Waals surface area (Å²) >= 11 is 6.09. The van der Waals surface area contributed by atoms with Crippen LogP contribution in [0.4, 0.5) is 5.69 Å². The first-order valence-electron chi connectivity index (χ1n) is 13.6. The molecule has 0 aliphatic carbocycles. The predicted octanol–water partition coefficient (Wildman–Crippen LogP) is 5.57. The van der Waals surface area contributed by atoms with Gasteiger partial charge < -0.3 is 15.0 Å². The highest BCUT2D eigenvalue weighted by atomic mass is 35.5. The molecule has 8 nitrogen and oxygen atoms in total. The summed E-state index contributed by atoms with van der Waals surface area (Å²) in [5.74, 6) is -0.285. The molecule has 0 heterocycles. The minimum absolute atomic E-state index is 0.00643. The molecular weight excluding hydrogens is 562 g/mol. The number of sulfonamides is 1. The van der Waals surface area contributed by atoms with E-state index in [1.807, 2.05) is 52.0 Å². The third-order valence-electron chi connectivity index (χ3n) is 7.03. The Balaban J connectivity index is 2.06. The lowest BCUT2D eigenvalue weighted by Crippen LogP contribution is -2.53. The van der Waals surface area contributed by atoms with Gasteiger partial charge in [-0.2, -0.15) is 0 Å². The van der Waals surface area contributed by atoms with Crippen molar-refractivity contribution in [3.63, 3.8) is 0 Å². The van der Waals surface area contributed by atoms with Gasteiger partial charge in [-0.15, -0.1) is 0 Å². The second-order valence-electron chi connectivity index (χ2n) is 9.85. The van der Waals surface area contributed by atoms with Crippen molar-refractivity contribution in [3.8, 4) is 5.75 Å². The van der Waals surface area contributed by atoms with Gasteiger partial charge in [0.15, 0.2) is 0 Å². The van der Waals surface area contributed by atoms with Crippen molar-refractivity contribution < 1.29 is 22.7 Å². The Morgan fingerprint density at radius 2 is 1.59 bits per heavy atom. The molecule has 10 heteroatoms. The lowest BCUT2D eigenvalue weighted by molar-refractivity contribution is -0.140. The summed E-state index contributed by atoms with van der Waals surface area (Å²) in [5.41, 5.74) is 2.10.